The third kappa shape index (κ3) is 3.91. The molecule has 1 unspecified atom stereocenters. The van der Waals surface area contributed by atoms with Crippen LogP contribution >= 0.6 is 0 Å². The smallest absolute Gasteiger partial charge is 0.295 e. The van der Waals surface area contributed by atoms with Gasteiger partial charge in [0.25, 0.3) is 11.7 Å². The molecule has 2 aromatic rings. The zero-order chi connectivity index (χ0) is 22.1. The highest BCUT2D eigenvalue weighted by atomic mass is 16.5. The molecule has 4 rings (SSSR count). The number of aromatic amines is 1. The van der Waals surface area contributed by atoms with Crippen molar-refractivity contribution >= 4 is 17.4 Å². The van der Waals surface area contributed by atoms with E-state index in [-0.39, 0.29) is 11.3 Å². The van der Waals surface area contributed by atoms with Gasteiger partial charge in [-0.15, -0.1) is 0 Å². The van der Waals surface area contributed by atoms with Gasteiger partial charge in [-0.05, 0) is 31.9 Å². The normalized spacial score (nSPS) is 21.8. The van der Waals surface area contributed by atoms with E-state index in [9.17, 15) is 14.7 Å². The van der Waals surface area contributed by atoms with E-state index in [4.69, 9.17) is 4.74 Å². The van der Waals surface area contributed by atoms with Crippen LogP contribution in [0.4, 0.5) is 0 Å². The molecule has 2 fully saturated rings. The highest BCUT2D eigenvalue weighted by Crippen LogP contribution is 2.40. The van der Waals surface area contributed by atoms with Crippen LogP contribution in [0.1, 0.15) is 34.1 Å². The van der Waals surface area contributed by atoms with Gasteiger partial charge in [-0.3, -0.25) is 14.5 Å². The Morgan fingerprint density at radius 1 is 1.06 bits per heavy atom. The summed E-state index contributed by atoms with van der Waals surface area (Å²) < 4.78 is 5.40. The molecule has 1 aromatic carbocycles. The van der Waals surface area contributed by atoms with Crippen LogP contribution in [0.2, 0.25) is 0 Å². The fourth-order valence-electron chi connectivity index (χ4n) is 4.56. The van der Waals surface area contributed by atoms with E-state index in [1.54, 1.807) is 4.90 Å². The van der Waals surface area contributed by atoms with Crippen molar-refractivity contribution in [3.05, 3.63) is 64.0 Å². The Morgan fingerprint density at radius 3 is 2.35 bits per heavy atom. The number of carbonyl (C=O) groups excluding carboxylic acids is 2. The van der Waals surface area contributed by atoms with Gasteiger partial charge in [0.05, 0.1) is 24.8 Å². The molecule has 1 amide bonds. The number of aromatic nitrogens is 1. The lowest BCUT2D eigenvalue weighted by molar-refractivity contribution is -0.140. The molecule has 2 saturated heterocycles. The first kappa shape index (κ1) is 21.3. The second-order valence-corrected chi connectivity index (χ2v) is 8.23. The molecule has 2 aliphatic heterocycles. The SMILES string of the molecule is Cc1[nH]c(C)c(/C(O)=C2\C(=O)C(=O)N(CCN3CCOCC3)C2c2ccccc2)c1C. The van der Waals surface area contributed by atoms with Crippen LogP contribution < -0.4 is 0 Å². The molecule has 2 aliphatic rings. The number of aryl methyl sites for hydroxylation is 2. The number of aliphatic hydroxyl groups excluding tert-OH is 1. The van der Waals surface area contributed by atoms with E-state index in [2.05, 4.69) is 9.88 Å². The van der Waals surface area contributed by atoms with Crippen molar-refractivity contribution in [1.82, 2.24) is 14.8 Å². The van der Waals surface area contributed by atoms with E-state index in [1.807, 2.05) is 51.1 Å². The average Bonchev–Trinajstić information content (AvgIpc) is 3.18. The predicted octanol–water partition coefficient (Wildman–Crippen LogP) is 2.69. The molecule has 0 radical (unpaired) electrons. The lowest BCUT2D eigenvalue weighted by Crippen LogP contribution is -2.42. The number of hydrogen-bond donors (Lipinski definition) is 2. The van der Waals surface area contributed by atoms with Gasteiger partial charge in [0.1, 0.15) is 5.76 Å². The number of rotatable bonds is 5. The number of Topliss-reactive ketones (excluding diaryl/α,β-unsaturated/α-hetero) is 1. The maximum absolute atomic E-state index is 13.1. The summed E-state index contributed by atoms with van der Waals surface area (Å²) in [6.07, 6.45) is 0. The van der Waals surface area contributed by atoms with Crippen LogP contribution in [-0.2, 0) is 14.3 Å². The summed E-state index contributed by atoms with van der Waals surface area (Å²) in [5, 5.41) is 11.3. The Kier molecular flexibility index (Phi) is 5.98. The molecule has 3 heterocycles. The molecule has 0 spiro atoms. The van der Waals surface area contributed by atoms with Crippen molar-refractivity contribution in [1.29, 1.82) is 0 Å². The molecule has 0 aliphatic carbocycles. The number of morpholine rings is 1. The first-order valence-corrected chi connectivity index (χ1v) is 10.7. The van der Waals surface area contributed by atoms with Crippen LogP contribution in [0.15, 0.2) is 35.9 Å². The van der Waals surface area contributed by atoms with Crippen LogP contribution in [-0.4, -0.2) is 71.0 Å². The first-order chi connectivity index (χ1) is 14.9. The van der Waals surface area contributed by atoms with E-state index >= 15 is 0 Å². The predicted molar refractivity (Wildman–Crippen MR) is 118 cm³/mol. The van der Waals surface area contributed by atoms with E-state index in [1.165, 1.54) is 0 Å². The Morgan fingerprint density at radius 2 is 1.74 bits per heavy atom. The van der Waals surface area contributed by atoms with Crippen molar-refractivity contribution in [2.45, 2.75) is 26.8 Å². The van der Waals surface area contributed by atoms with Gasteiger partial charge in [-0.1, -0.05) is 30.3 Å². The molecular formula is C24H29N3O4. The number of H-pyrrole nitrogens is 1. The molecular weight excluding hydrogens is 394 g/mol. The third-order valence-electron chi connectivity index (χ3n) is 6.34. The summed E-state index contributed by atoms with van der Waals surface area (Å²) in [6.45, 7) is 9.71. The van der Waals surface area contributed by atoms with Crippen molar-refractivity contribution in [2.24, 2.45) is 0 Å². The molecule has 1 aromatic heterocycles. The quantitative estimate of drug-likeness (QED) is 0.439. The minimum atomic E-state index is -0.633. The number of carbonyl (C=O) groups is 2. The Bertz CT molecular complexity index is 1020. The van der Waals surface area contributed by atoms with Gasteiger partial charge >= 0.3 is 0 Å². The number of aliphatic hydroxyl groups is 1. The fraction of sp³-hybridized carbons (Fsp3) is 0.417. The first-order valence-electron chi connectivity index (χ1n) is 10.7. The van der Waals surface area contributed by atoms with E-state index < -0.39 is 17.7 Å². The van der Waals surface area contributed by atoms with Crippen molar-refractivity contribution < 1.29 is 19.4 Å². The van der Waals surface area contributed by atoms with E-state index in [0.29, 0.717) is 31.9 Å². The van der Waals surface area contributed by atoms with Crippen LogP contribution in [0, 0.1) is 20.8 Å². The van der Waals surface area contributed by atoms with E-state index in [0.717, 1.165) is 35.6 Å². The second kappa shape index (κ2) is 8.69. The molecule has 2 N–H and O–H groups in total. The number of amides is 1. The Balaban J connectivity index is 1.76. The number of benzene rings is 1. The summed E-state index contributed by atoms with van der Waals surface area (Å²) in [4.78, 5) is 33.3. The van der Waals surface area contributed by atoms with Crippen LogP contribution in [0.25, 0.3) is 5.76 Å². The number of nitrogens with one attached hydrogen (secondary N) is 1. The Labute approximate surface area is 182 Å². The minimum Gasteiger partial charge on any atom is -0.507 e. The number of likely N-dealkylation sites (tertiary alicyclic amines) is 1. The van der Waals surface area contributed by atoms with Gasteiger partial charge in [-0.2, -0.15) is 0 Å². The average molecular weight is 424 g/mol. The summed E-state index contributed by atoms with van der Waals surface area (Å²) in [6, 6.07) is 8.84. The van der Waals surface area contributed by atoms with Crippen molar-refractivity contribution in [3.63, 3.8) is 0 Å². The maximum atomic E-state index is 13.1. The molecule has 164 valence electrons. The van der Waals surface area contributed by atoms with Gasteiger partial charge in [-0.25, -0.2) is 0 Å². The molecule has 7 nitrogen and oxygen atoms in total. The molecule has 1 atom stereocenters. The summed E-state index contributed by atoms with van der Waals surface area (Å²) in [5.74, 6) is -1.31. The lowest BCUT2D eigenvalue weighted by atomic mass is 9.94. The molecule has 0 bridgehead atoms. The molecule has 7 heteroatoms. The van der Waals surface area contributed by atoms with Gasteiger partial charge in [0.15, 0.2) is 0 Å². The number of nitrogens with zero attached hydrogens (tertiary/aromatic N) is 2. The summed E-state index contributed by atoms with van der Waals surface area (Å²) in [5.41, 5.74) is 4.15. The highest BCUT2D eigenvalue weighted by Gasteiger charge is 2.46. The van der Waals surface area contributed by atoms with Crippen LogP contribution in [0.3, 0.4) is 0 Å². The third-order valence-corrected chi connectivity index (χ3v) is 6.34. The largest absolute Gasteiger partial charge is 0.507 e. The number of ether oxygens (including phenoxy) is 1. The van der Waals surface area contributed by atoms with Crippen molar-refractivity contribution in [3.8, 4) is 0 Å². The standard InChI is InChI=1S/C24H29N3O4/c1-15-16(2)25-17(3)19(15)22(28)20-21(18-7-5-4-6-8-18)27(24(30)23(20)29)10-9-26-11-13-31-14-12-26/h4-8,21,25,28H,9-14H2,1-3H3/b22-20+. The summed E-state index contributed by atoms with van der Waals surface area (Å²) in [7, 11) is 0. The number of ketones is 1. The van der Waals surface area contributed by atoms with Gasteiger partial charge in [0.2, 0.25) is 0 Å². The topological polar surface area (TPSA) is 85.9 Å². The maximum Gasteiger partial charge on any atom is 0.295 e. The lowest BCUT2D eigenvalue weighted by Gasteiger charge is -2.31. The monoisotopic (exact) mass is 423 g/mol. The highest BCUT2D eigenvalue weighted by molar-refractivity contribution is 6.46. The molecule has 0 saturated carbocycles. The fourth-order valence-corrected chi connectivity index (χ4v) is 4.56. The zero-order valence-corrected chi connectivity index (χ0v) is 18.3. The van der Waals surface area contributed by atoms with Crippen molar-refractivity contribution in [2.75, 3.05) is 39.4 Å². The Hall–Kier alpha value is -2.90. The molecule has 31 heavy (non-hydrogen) atoms. The van der Waals surface area contributed by atoms with Gasteiger partial charge in [0, 0.05) is 43.1 Å². The van der Waals surface area contributed by atoms with Gasteiger partial charge < -0.3 is 19.7 Å². The van der Waals surface area contributed by atoms with Crippen LogP contribution in [0.5, 0.6) is 0 Å². The number of hydrogen-bond acceptors (Lipinski definition) is 5. The second-order valence-electron chi connectivity index (χ2n) is 8.23. The summed E-state index contributed by atoms with van der Waals surface area (Å²) >= 11 is 0. The minimum absolute atomic E-state index is 0.111. The zero-order valence-electron chi connectivity index (χ0n) is 18.3.